The van der Waals surface area contributed by atoms with E-state index < -0.39 is 6.10 Å². The van der Waals surface area contributed by atoms with E-state index in [2.05, 4.69) is 31.3 Å². The Bertz CT molecular complexity index is 690. The summed E-state index contributed by atoms with van der Waals surface area (Å²) in [6, 6.07) is 10.5. The molecule has 22 heavy (non-hydrogen) atoms. The molecule has 2 heterocycles. The molecule has 3 aromatic rings. The summed E-state index contributed by atoms with van der Waals surface area (Å²) >= 11 is 3.37. The van der Waals surface area contributed by atoms with Crippen molar-refractivity contribution in [1.82, 2.24) is 10.3 Å². The molecule has 3 rings (SSSR count). The Balaban J connectivity index is 1.62. The topological polar surface area (TPSA) is 45.1 Å². The minimum Gasteiger partial charge on any atom is -0.387 e. The Labute approximate surface area is 138 Å². The highest BCUT2D eigenvalue weighted by Crippen LogP contribution is 2.29. The molecule has 0 saturated carbocycles. The van der Waals surface area contributed by atoms with Gasteiger partial charge in [-0.15, -0.1) is 11.3 Å². The van der Waals surface area contributed by atoms with Crippen molar-refractivity contribution < 1.29 is 5.11 Å². The second-order valence-electron chi connectivity index (χ2n) is 5.58. The molecule has 0 aliphatic carbocycles. The molecule has 0 bridgehead atoms. The SMILES string of the molecule is CC(NCC(O)c1ccsc1)C(C)c1nc2ccccc2s1. The van der Waals surface area contributed by atoms with Crippen LogP contribution in [0.2, 0.25) is 0 Å². The first kappa shape index (κ1) is 15.6. The summed E-state index contributed by atoms with van der Waals surface area (Å²) in [5, 5.41) is 18.7. The summed E-state index contributed by atoms with van der Waals surface area (Å²) in [6.07, 6.45) is -0.448. The fourth-order valence-electron chi connectivity index (χ4n) is 2.36. The smallest absolute Gasteiger partial charge is 0.0982 e. The van der Waals surface area contributed by atoms with Gasteiger partial charge in [-0.2, -0.15) is 11.3 Å². The zero-order valence-corrected chi connectivity index (χ0v) is 14.3. The number of para-hydroxylation sites is 1. The summed E-state index contributed by atoms with van der Waals surface area (Å²) in [6.45, 7) is 4.90. The number of fused-ring (bicyclic) bond motifs is 1. The van der Waals surface area contributed by atoms with E-state index >= 15 is 0 Å². The van der Waals surface area contributed by atoms with Crippen LogP contribution in [-0.2, 0) is 0 Å². The molecule has 0 aliphatic rings. The van der Waals surface area contributed by atoms with E-state index in [4.69, 9.17) is 4.98 Å². The number of nitrogens with zero attached hydrogens (tertiary/aromatic N) is 1. The Morgan fingerprint density at radius 1 is 1.23 bits per heavy atom. The number of benzene rings is 1. The first-order chi connectivity index (χ1) is 10.6. The third-order valence-electron chi connectivity index (χ3n) is 4.01. The molecule has 0 saturated heterocycles. The lowest BCUT2D eigenvalue weighted by Crippen LogP contribution is -2.34. The third kappa shape index (κ3) is 3.38. The molecule has 116 valence electrons. The molecule has 3 unspecified atom stereocenters. The van der Waals surface area contributed by atoms with Crippen LogP contribution in [0.15, 0.2) is 41.1 Å². The van der Waals surface area contributed by atoms with Crippen LogP contribution in [-0.4, -0.2) is 22.7 Å². The van der Waals surface area contributed by atoms with Gasteiger partial charge in [0.05, 0.1) is 21.3 Å². The maximum absolute atomic E-state index is 10.2. The Morgan fingerprint density at radius 2 is 2.05 bits per heavy atom. The highest BCUT2D eigenvalue weighted by atomic mass is 32.1. The lowest BCUT2D eigenvalue weighted by Gasteiger charge is -2.21. The molecule has 0 radical (unpaired) electrons. The fraction of sp³-hybridized carbons (Fsp3) is 0.353. The van der Waals surface area contributed by atoms with E-state index in [9.17, 15) is 5.11 Å². The van der Waals surface area contributed by atoms with Gasteiger partial charge in [-0.3, -0.25) is 0 Å². The lowest BCUT2D eigenvalue weighted by atomic mass is 10.0. The second-order valence-corrected chi connectivity index (χ2v) is 7.42. The first-order valence-corrected chi connectivity index (χ1v) is 9.20. The summed E-state index contributed by atoms with van der Waals surface area (Å²) in [7, 11) is 0. The van der Waals surface area contributed by atoms with Crippen LogP contribution in [0.4, 0.5) is 0 Å². The number of hydrogen-bond donors (Lipinski definition) is 2. The number of hydrogen-bond acceptors (Lipinski definition) is 5. The number of aliphatic hydroxyl groups is 1. The number of aliphatic hydroxyl groups excluding tert-OH is 1. The van der Waals surface area contributed by atoms with Crippen molar-refractivity contribution in [3.05, 3.63) is 51.7 Å². The average molecular weight is 332 g/mol. The van der Waals surface area contributed by atoms with Crippen LogP contribution in [0.5, 0.6) is 0 Å². The molecular formula is C17H20N2OS2. The van der Waals surface area contributed by atoms with E-state index in [0.29, 0.717) is 12.5 Å². The molecule has 0 aliphatic heterocycles. The van der Waals surface area contributed by atoms with Gasteiger partial charge in [-0.25, -0.2) is 4.98 Å². The van der Waals surface area contributed by atoms with Crippen LogP contribution >= 0.6 is 22.7 Å². The van der Waals surface area contributed by atoms with Crippen molar-refractivity contribution in [3.8, 4) is 0 Å². The van der Waals surface area contributed by atoms with Crippen molar-refractivity contribution in [3.63, 3.8) is 0 Å². The van der Waals surface area contributed by atoms with E-state index in [-0.39, 0.29) is 6.04 Å². The Morgan fingerprint density at radius 3 is 2.77 bits per heavy atom. The summed E-state index contributed by atoms with van der Waals surface area (Å²) < 4.78 is 1.23. The van der Waals surface area contributed by atoms with Gasteiger partial charge in [0.25, 0.3) is 0 Å². The van der Waals surface area contributed by atoms with Gasteiger partial charge in [-0.05, 0) is 41.4 Å². The molecule has 0 fully saturated rings. The number of thiophene rings is 1. The Hall–Kier alpha value is -1.27. The van der Waals surface area contributed by atoms with Crippen molar-refractivity contribution in [1.29, 1.82) is 0 Å². The normalized spacial score (nSPS) is 15.8. The zero-order chi connectivity index (χ0) is 15.5. The second kappa shape index (κ2) is 6.87. The molecular weight excluding hydrogens is 312 g/mol. The molecule has 3 nitrogen and oxygen atoms in total. The molecule has 0 amide bonds. The minimum atomic E-state index is -0.448. The summed E-state index contributed by atoms with van der Waals surface area (Å²) in [5.41, 5.74) is 2.05. The van der Waals surface area contributed by atoms with Crippen LogP contribution < -0.4 is 5.32 Å². The van der Waals surface area contributed by atoms with E-state index in [1.165, 1.54) is 4.70 Å². The molecule has 2 N–H and O–H groups in total. The highest BCUT2D eigenvalue weighted by molar-refractivity contribution is 7.18. The quantitative estimate of drug-likeness (QED) is 0.712. The molecule has 3 atom stereocenters. The largest absolute Gasteiger partial charge is 0.387 e. The third-order valence-corrected chi connectivity index (χ3v) is 5.95. The Kier molecular flexibility index (Phi) is 4.88. The monoisotopic (exact) mass is 332 g/mol. The number of rotatable bonds is 6. The lowest BCUT2D eigenvalue weighted by molar-refractivity contribution is 0.169. The average Bonchev–Trinajstić information content (AvgIpc) is 3.20. The summed E-state index contributed by atoms with van der Waals surface area (Å²) in [4.78, 5) is 4.73. The van der Waals surface area contributed by atoms with Crippen LogP contribution in [0, 0.1) is 0 Å². The number of aromatic nitrogens is 1. The zero-order valence-electron chi connectivity index (χ0n) is 12.7. The molecule has 1 aromatic carbocycles. The standard InChI is InChI=1S/C17H20N2OS2/c1-11(17-19-14-5-3-4-6-16(14)22-17)12(2)18-9-15(20)13-7-8-21-10-13/h3-8,10-12,15,18,20H,9H2,1-2H3. The van der Waals surface area contributed by atoms with Gasteiger partial charge in [0.15, 0.2) is 0 Å². The van der Waals surface area contributed by atoms with E-state index in [0.717, 1.165) is 16.1 Å². The van der Waals surface area contributed by atoms with Gasteiger partial charge in [-0.1, -0.05) is 19.1 Å². The van der Waals surface area contributed by atoms with Crippen LogP contribution in [0.1, 0.15) is 36.4 Å². The maximum atomic E-state index is 10.2. The number of thiazole rings is 1. The van der Waals surface area contributed by atoms with Gasteiger partial charge in [0, 0.05) is 18.5 Å². The minimum absolute atomic E-state index is 0.258. The fourth-order valence-corrected chi connectivity index (χ4v) is 4.19. The molecule has 2 aromatic heterocycles. The van der Waals surface area contributed by atoms with Crippen LogP contribution in [0.3, 0.4) is 0 Å². The molecule has 0 spiro atoms. The van der Waals surface area contributed by atoms with Gasteiger partial charge >= 0.3 is 0 Å². The van der Waals surface area contributed by atoms with Crippen molar-refractivity contribution >= 4 is 32.9 Å². The van der Waals surface area contributed by atoms with Crippen molar-refractivity contribution in [2.45, 2.75) is 31.9 Å². The number of nitrogens with one attached hydrogen (secondary N) is 1. The van der Waals surface area contributed by atoms with Crippen molar-refractivity contribution in [2.24, 2.45) is 0 Å². The predicted octanol–water partition coefficient (Wildman–Crippen LogP) is 4.17. The maximum Gasteiger partial charge on any atom is 0.0982 e. The van der Waals surface area contributed by atoms with Crippen molar-refractivity contribution in [2.75, 3.05) is 6.54 Å². The van der Waals surface area contributed by atoms with Crippen LogP contribution in [0.25, 0.3) is 10.2 Å². The van der Waals surface area contributed by atoms with Gasteiger partial charge in [0.2, 0.25) is 0 Å². The van der Waals surface area contributed by atoms with Gasteiger partial charge < -0.3 is 10.4 Å². The van der Waals surface area contributed by atoms with E-state index in [1.807, 2.05) is 29.0 Å². The highest BCUT2D eigenvalue weighted by Gasteiger charge is 2.19. The van der Waals surface area contributed by atoms with E-state index in [1.54, 1.807) is 22.7 Å². The summed E-state index contributed by atoms with van der Waals surface area (Å²) in [5.74, 6) is 0.312. The van der Waals surface area contributed by atoms with Gasteiger partial charge in [0.1, 0.15) is 0 Å². The predicted molar refractivity (Wildman–Crippen MR) is 94.8 cm³/mol. The molecule has 5 heteroatoms. The first-order valence-electron chi connectivity index (χ1n) is 7.44.